The van der Waals surface area contributed by atoms with E-state index in [1.54, 1.807) is 25.3 Å². The maximum absolute atomic E-state index is 13.4. The fourth-order valence-electron chi connectivity index (χ4n) is 2.87. The Balaban J connectivity index is 0.000000630. The molecule has 0 spiro atoms. The average Bonchev–Trinajstić information content (AvgIpc) is 3.08. The van der Waals surface area contributed by atoms with Crippen LogP contribution in [-0.2, 0) is 4.74 Å². The van der Waals surface area contributed by atoms with Gasteiger partial charge in [0, 0.05) is 38.4 Å². The molecule has 168 valence electrons. The highest BCUT2D eigenvalue weighted by Crippen LogP contribution is 2.29. The van der Waals surface area contributed by atoms with Gasteiger partial charge in [0.05, 0.1) is 22.5 Å². The number of carbonyl (C=O) groups excluding carboxylic acids is 1. The summed E-state index contributed by atoms with van der Waals surface area (Å²) >= 11 is 1.53. The number of nitrogens with zero attached hydrogens (tertiary/aromatic N) is 4. The van der Waals surface area contributed by atoms with Crippen LogP contribution in [0.5, 0.6) is 0 Å². The van der Waals surface area contributed by atoms with E-state index in [9.17, 15) is 9.18 Å². The molecule has 0 aromatic carbocycles. The second-order valence-corrected chi connectivity index (χ2v) is 8.08. The van der Waals surface area contributed by atoms with Crippen molar-refractivity contribution in [3.63, 3.8) is 0 Å². The van der Waals surface area contributed by atoms with Crippen LogP contribution in [0, 0.1) is 12.7 Å². The van der Waals surface area contributed by atoms with Gasteiger partial charge in [-0.25, -0.2) is 14.4 Å². The first-order valence-corrected chi connectivity index (χ1v) is 11.1. The third-order valence-electron chi connectivity index (χ3n) is 4.41. The molecule has 1 saturated heterocycles. The molecule has 31 heavy (non-hydrogen) atoms. The maximum Gasteiger partial charge on any atom is 0.274 e. The SMILES string of the molecule is CC.COC.Cc1cc2nc(N[C@@H](C)c3cncc(F)c3)nc(C(=O)N3CCC3)c2s1. The molecule has 0 unspecified atom stereocenters. The fraction of sp³-hybridized carbons (Fsp3) is 0.455. The Bertz CT molecular complexity index is 1010. The molecule has 0 radical (unpaired) electrons. The van der Waals surface area contributed by atoms with Gasteiger partial charge in [0.1, 0.15) is 5.82 Å². The molecule has 4 heterocycles. The molecule has 3 aromatic heterocycles. The standard InChI is InChI=1S/C18H18FN5OS.C2H6O.C2H6/c1-10-6-14-16(26-10)15(17(25)24-4-3-5-24)23-18(22-14)21-11(2)12-7-13(19)9-20-8-12;1-3-2;1-2/h6-9,11H,3-5H2,1-2H3,(H,21,22,23);1-2H3;1-2H3/t11-;;/m0../s1. The second kappa shape index (κ2) is 11.7. The van der Waals surface area contributed by atoms with E-state index in [-0.39, 0.29) is 11.9 Å². The quantitative estimate of drug-likeness (QED) is 0.616. The van der Waals surface area contributed by atoms with Gasteiger partial charge in [0.25, 0.3) is 5.91 Å². The molecule has 1 fully saturated rings. The van der Waals surface area contributed by atoms with Crippen molar-refractivity contribution in [2.75, 3.05) is 32.6 Å². The van der Waals surface area contributed by atoms with Gasteiger partial charge >= 0.3 is 0 Å². The van der Waals surface area contributed by atoms with Crippen LogP contribution < -0.4 is 5.32 Å². The van der Waals surface area contributed by atoms with E-state index in [1.165, 1.54) is 17.4 Å². The maximum atomic E-state index is 13.4. The zero-order valence-electron chi connectivity index (χ0n) is 18.9. The Morgan fingerprint density at radius 1 is 1.23 bits per heavy atom. The molecule has 1 atom stereocenters. The van der Waals surface area contributed by atoms with E-state index in [2.05, 4.69) is 25.0 Å². The fourth-order valence-corrected chi connectivity index (χ4v) is 3.80. The Labute approximate surface area is 186 Å². The van der Waals surface area contributed by atoms with Crippen molar-refractivity contribution in [3.05, 3.63) is 46.5 Å². The van der Waals surface area contributed by atoms with Crippen LogP contribution in [0.1, 0.15) is 54.2 Å². The molecule has 1 amide bonds. The zero-order chi connectivity index (χ0) is 23.0. The number of amides is 1. The Hall–Kier alpha value is -2.65. The molecular weight excluding hydrogens is 417 g/mol. The lowest BCUT2D eigenvalue weighted by Crippen LogP contribution is -2.42. The van der Waals surface area contributed by atoms with Gasteiger partial charge < -0.3 is 15.0 Å². The number of rotatable bonds is 4. The molecule has 9 heteroatoms. The van der Waals surface area contributed by atoms with E-state index in [0.717, 1.165) is 40.8 Å². The van der Waals surface area contributed by atoms with Crippen molar-refractivity contribution in [1.82, 2.24) is 19.9 Å². The number of ether oxygens (including phenoxy) is 1. The summed E-state index contributed by atoms with van der Waals surface area (Å²) in [7, 11) is 3.25. The molecule has 1 aliphatic rings. The number of nitrogens with one attached hydrogen (secondary N) is 1. The van der Waals surface area contributed by atoms with E-state index < -0.39 is 5.82 Å². The Morgan fingerprint density at radius 3 is 2.48 bits per heavy atom. The number of likely N-dealkylation sites (tertiary alicyclic amines) is 1. The lowest BCUT2D eigenvalue weighted by atomic mass is 10.1. The summed E-state index contributed by atoms with van der Waals surface area (Å²) in [4.78, 5) is 28.5. The highest BCUT2D eigenvalue weighted by molar-refractivity contribution is 7.19. The number of pyridine rings is 1. The van der Waals surface area contributed by atoms with Crippen molar-refractivity contribution in [2.45, 2.75) is 40.2 Å². The first kappa shape index (κ1) is 24.6. The molecule has 0 bridgehead atoms. The van der Waals surface area contributed by atoms with Crippen LogP contribution in [0.25, 0.3) is 10.2 Å². The topological polar surface area (TPSA) is 80.2 Å². The number of fused-ring (bicyclic) bond motifs is 1. The van der Waals surface area contributed by atoms with E-state index >= 15 is 0 Å². The summed E-state index contributed by atoms with van der Waals surface area (Å²) < 4.78 is 18.5. The monoisotopic (exact) mass is 447 g/mol. The lowest BCUT2D eigenvalue weighted by Gasteiger charge is -2.30. The smallest absolute Gasteiger partial charge is 0.274 e. The molecule has 0 aliphatic carbocycles. The molecule has 3 aromatic rings. The Kier molecular flexibility index (Phi) is 9.26. The normalized spacial score (nSPS) is 13.3. The van der Waals surface area contributed by atoms with Crippen LogP contribution in [0.4, 0.5) is 10.3 Å². The van der Waals surface area contributed by atoms with Gasteiger partial charge in [-0.2, -0.15) is 0 Å². The summed E-state index contributed by atoms with van der Waals surface area (Å²) in [6, 6.07) is 3.13. The highest BCUT2D eigenvalue weighted by atomic mass is 32.1. The molecule has 0 saturated carbocycles. The summed E-state index contributed by atoms with van der Waals surface area (Å²) in [6.07, 6.45) is 3.79. The second-order valence-electron chi connectivity index (χ2n) is 6.82. The minimum Gasteiger partial charge on any atom is -0.388 e. The van der Waals surface area contributed by atoms with E-state index in [4.69, 9.17) is 0 Å². The third-order valence-corrected chi connectivity index (χ3v) is 5.46. The number of aromatic nitrogens is 3. The van der Waals surface area contributed by atoms with Crippen molar-refractivity contribution in [1.29, 1.82) is 0 Å². The molecule has 7 nitrogen and oxygen atoms in total. The zero-order valence-corrected chi connectivity index (χ0v) is 19.7. The van der Waals surface area contributed by atoms with E-state index in [1.807, 2.05) is 33.8 Å². The summed E-state index contributed by atoms with van der Waals surface area (Å²) in [5, 5.41) is 3.16. The summed E-state index contributed by atoms with van der Waals surface area (Å²) in [5.41, 5.74) is 1.86. The van der Waals surface area contributed by atoms with Gasteiger partial charge in [-0.05, 0) is 38.0 Å². The number of thiophene rings is 1. The largest absolute Gasteiger partial charge is 0.388 e. The number of hydrogen-bond acceptors (Lipinski definition) is 7. The van der Waals surface area contributed by atoms with Gasteiger partial charge in [-0.1, -0.05) is 13.8 Å². The highest BCUT2D eigenvalue weighted by Gasteiger charge is 2.26. The predicted molar refractivity (Wildman–Crippen MR) is 123 cm³/mol. The number of halogens is 1. The van der Waals surface area contributed by atoms with E-state index in [0.29, 0.717) is 17.2 Å². The van der Waals surface area contributed by atoms with Gasteiger partial charge in [-0.15, -0.1) is 11.3 Å². The minimum absolute atomic E-state index is 0.0615. The van der Waals surface area contributed by atoms with Crippen LogP contribution in [0.2, 0.25) is 0 Å². The van der Waals surface area contributed by atoms with Crippen LogP contribution in [-0.4, -0.2) is 53.1 Å². The van der Waals surface area contributed by atoms with Crippen LogP contribution in [0.3, 0.4) is 0 Å². The van der Waals surface area contributed by atoms with Gasteiger partial charge in [0.2, 0.25) is 5.95 Å². The van der Waals surface area contributed by atoms with Gasteiger partial charge in [0.15, 0.2) is 5.69 Å². The predicted octanol–water partition coefficient (Wildman–Crippen LogP) is 4.84. The molecule has 1 N–H and O–H groups in total. The lowest BCUT2D eigenvalue weighted by molar-refractivity contribution is 0.0648. The average molecular weight is 448 g/mol. The molecule has 4 rings (SSSR count). The first-order valence-electron chi connectivity index (χ1n) is 10.3. The molecule has 1 aliphatic heterocycles. The van der Waals surface area contributed by atoms with Crippen LogP contribution >= 0.6 is 11.3 Å². The minimum atomic E-state index is -0.394. The number of carbonyl (C=O) groups is 1. The van der Waals surface area contributed by atoms with Crippen molar-refractivity contribution in [3.8, 4) is 0 Å². The number of hydrogen-bond donors (Lipinski definition) is 1. The summed E-state index contributed by atoms with van der Waals surface area (Å²) in [6.45, 7) is 9.39. The number of methoxy groups -OCH3 is 1. The molecular formula is C22H30FN5O2S. The van der Waals surface area contributed by atoms with Gasteiger partial charge in [-0.3, -0.25) is 9.78 Å². The van der Waals surface area contributed by atoms with Crippen molar-refractivity contribution in [2.24, 2.45) is 0 Å². The number of aryl methyl sites for hydroxylation is 1. The summed E-state index contributed by atoms with van der Waals surface area (Å²) in [5.74, 6) is -0.0980. The van der Waals surface area contributed by atoms with Crippen molar-refractivity contribution >= 4 is 33.4 Å². The first-order chi connectivity index (χ1) is 14.9. The van der Waals surface area contributed by atoms with Crippen LogP contribution in [0.15, 0.2) is 24.5 Å². The number of anilines is 1. The van der Waals surface area contributed by atoms with Crippen molar-refractivity contribution < 1.29 is 13.9 Å². The third kappa shape index (κ3) is 6.18. The Morgan fingerprint density at radius 2 is 1.90 bits per heavy atom.